The number of carbonyl (C=O) groups is 2. The zero-order valence-corrected chi connectivity index (χ0v) is 22.8. The van der Waals surface area contributed by atoms with Gasteiger partial charge in [-0.15, -0.1) is 13.2 Å². The third-order valence-electron chi connectivity index (χ3n) is 6.98. The molecule has 1 saturated carbocycles. The normalized spacial score (nSPS) is 23.1. The molecule has 1 heterocycles. The van der Waals surface area contributed by atoms with Crippen molar-refractivity contribution in [3.63, 3.8) is 0 Å². The maximum Gasteiger partial charge on any atom is 0.573 e. The van der Waals surface area contributed by atoms with Crippen LogP contribution in [0.5, 0.6) is 5.75 Å². The van der Waals surface area contributed by atoms with Crippen LogP contribution in [0.1, 0.15) is 46.5 Å². The van der Waals surface area contributed by atoms with Crippen LogP contribution in [0.3, 0.4) is 0 Å². The van der Waals surface area contributed by atoms with Gasteiger partial charge in [0.2, 0.25) is 10.0 Å². The molecular formula is C25H36F3N3O6S. The van der Waals surface area contributed by atoms with Gasteiger partial charge in [0, 0.05) is 45.2 Å². The van der Waals surface area contributed by atoms with E-state index in [1.807, 2.05) is 0 Å². The van der Waals surface area contributed by atoms with Crippen LogP contribution in [0, 0.1) is 11.8 Å². The van der Waals surface area contributed by atoms with Gasteiger partial charge < -0.3 is 24.5 Å². The predicted molar refractivity (Wildman–Crippen MR) is 133 cm³/mol. The molecule has 9 nitrogen and oxygen atoms in total. The number of fused-ring (bicyclic) bond motifs is 1. The second-order valence-electron chi connectivity index (χ2n) is 10.8. The molecule has 1 aliphatic carbocycles. The van der Waals surface area contributed by atoms with Crippen LogP contribution < -0.4 is 10.1 Å². The molecule has 38 heavy (non-hydrogen) atoms. The first-order chi connectivity index (χ1) is 17.6. The number of nitrogens with zero attached hydrogens (tertiary/aromatic N) is 2. The number of benzene rings is 1. The highest BCUT2D eigenvalue weighted by molar-refractivity contribution is 7.89. The highest BCUT2D eigenvalue weighted by Gasteiger charge is 2.46. The van der Waals surface area contributed by atoms with Crippen molar-refractivity contribution in [1.29, 1.82) is 0 Å². The van der Waals surface area contributed by atoms with Crippen LogP contribution in [-0.2, 0) is 19.6 Å². The summed E-state index contributed by atoms with van der Waals surface area (Å²) >= 11 is 0. The van der Waals surface area contributed by atoms with E-state index in [9.17, 15) is 31.2 Å². The smallest absolute Gasteiger partial charge is 0.444 e. The summed E-state index contributed by atoms with van der Waals surface area (Å²) in [4.78, 5) is 25.0. The molecule has 214 valence electrons. The number of ether oxygens (including phenoxy) is 2. The summed E-state index contributed by atoms with van der Waals surface area (Å²) in [5, 5.41) is 3.49. The minimum Gasteiger partial charge on any atom is -0.444 e. The Morgan fingerprint density at radius 1 is 1.18 bits per heavy atom. The second-order valence-corrected chi connectivity index (χ2v) is 12.8. The first kappa shape index (κ1) is 30.2. The molecule has 1 aromatic carbocycles. The second kappa shape index (κ2) is 11.8. The van der Waals surface area contributed by atoms with Crippen LogP contribution >= 0.6 is 0 Å². The monoisotopic (exact) mass is 563 g/mol. The summed E-state index contributed by atoms with van der Waals surface area (Å²) in [5.41, 5.74) is -0.656. The Morgan fingerprint density at radius 2 is 1.84 bits per heavy atom. The van der Waals surface area contributed by atoms with Crippen molar-refractivity contribution in [2.45, 2.75) is 75.4 Å². The van der Waals surface area contributed by atoms with Gasteiger partial charge in [-0.25, -0.2) is 13.2 Å². The van der Waals surface area contributed by atoms with E-state index in [-0.39, 0.29) is 41.8 Å². The molecule has 0 aromatic heterocycles. The zero-order valence-electron chi connectivity index (χ0n) is 22.0. The first-order valence-corrected chi connectivity index (χ1v) is 14.0. The Labute approximate surface area is 221 Å². The van der Waals surface area contributed by atoms with Crippen LogP contribution in [-0.4, -0.2) is 80.7 Å². The van der Waals surface area contributed by atoms with Crippen LogP contribution in [0.15, 0.2) is 29.2 Å². The van der Waals surface area contributed by atoms with Gasteiger partial charge in [-0.3, -0.25) is 0 Å². The van der Waals surface area contributed by atoms with Crippen molar-refractivity contribution in [3.8, 4) is 5.75 Å². The molecule has 1 saturated heterocycles. The van der Waals surface area contributed by atoms with Crippen LogP contribution in [0.25, 0.3) is 0 Å². The molecule has 0 radical (unpaired) electrons. The third kappa shape index (κ3) is 7.82. The highest BCUT2D eigenvalue weighted by atomic mass is 32.2. The average molecular weight is 564 g/mol. The number of carbonyl (C=O) groups excluding carboxylic acids is 2. The number of hydrogen-bond donors (Lipinski definition) is 1. The first-order valence-electron chi connectivity index (χ1n) is 12.6. The molecule has 1 aromatic rings. The maximum absolute atomic E-state index is 13.2. The van der Waals surface area contributed by atoms with Gasteiger partial charge in [0.1, 0.15) is 17.6 Å². The van der Waals surface area contributed by atoms with Crippen molar-refractivity contribution < 1.29 is 40.7 Å². The Bertz CT molecular complexity index is 1080. The van der Waals surface area contributed by atoms with Crippen molar-refractivity contribution >= 4 is 22.4 Å². The Balaban J connectivity index is 1.62. The molecule has 0 spiro atoms. The Hall–Kier alpha value is -2.38. The minimum atomic E-state index is -4.86. The molecule has 1 unspecified atom stereocenters. The van der Waals surface area contributed by atoms with Gasteiger partial charge >= 0.3 is 12.5 Å². The van der Waals surface area contributed by atoms with E-state index in [1.54, 1.807) is 27.8 Å². The van der Waals surface area contributed by atoms with Crippen LogP contribution in [0.4, 0.5) is 18.0 Å². The quantitative estimate of drug-likeness (QED) is 0.432. The molecule has 4 atom stereocenters. The number of sulfonamides is 1. The third-order valence-corrected chi connectivity index (χ3v) is 8.83. The lowest BCUT2D eigenvalue weighted by Crippen LogP contribution is -2.48. The summed E-state index contributed by atoms with van der Waals surface area (Å²) in [7, 11) is -2.25. The number of alkyl halides is 3. The molecular weight excluding hydrogens is 527 g/mol. The standard InChI is InChI=1S/C25H36F3N3O6S/c1-24(2,3)37-23(33)30(4)18(6-5-13-32)14-29-22-12-7-17-15-31(16-21(17)22)38(34,35)20-10-8-19(9-11-20)36-25(26,27)28/h8-11,13,17-18,21-22,29H,5-7,12,14-16H2,1-4H3/t17-,18?,21+,22+/m1/s1. The van der Waals surface area contributed by atoms with E-state index in [0.717, 1.165) is 43.4 Å². The van der Waals surface area contributed by atoms with Gasteiger partial charge in [-0.05, 0) is 76.1 Å². The van der Waals surface area contributed by atoms with Gasteiger partial charge in [0.05, 0.1) is 4.90 Å². The minimum absolute atomic E-state index is 0.0218. The van der Waals surface area contributed by atoms with E-state index >= 15 is 0 Å². The van der Waals surface area contributed by atoms with E-state index in [0.29, 0.717) is 19.5 Å². The van der Waals surface area contributed by atoms with Crippen molar-refractivity contribution in [2.75, 3.05) is 26.7 Å². The SMILES string of the molecule is CN(C(=O)OC(C)(C)C)C(CCC=O)CN[C@H]1CC[C@@H]2CN(S(=O)(=O)c3ccc(OC(F)(F)F)cc3)C[C@@H]21. The van der Waals surface area contributed by atoms with E-state index in [1.165, 1.54) is 9.21 Å². The lowest BCUT2D eigenvalue weighted by Gasteiger charge is -2.32. The fourth-order valence-corrected chi connectivity index (χ4v) is 6.63. The van der Waals surface area contributed by atoms with Crippen molar-refractivity contribution in [2.24, 2.45) is 11.8 Å². The molecule has 0 bridgehead atoms. The number of likely N-dealkylation sites (N-methyl/N-ethyl adjacent to an activating group) is 1. The van der Waals surface area contributed by atoms with Gasteiger partial charge in [-0.1, -0.05) is 0 Å². The number of aldehydes is 1. The molecule has 2 aliphatic rings. The zero-order chi connectivity index (χ0) is 28.3. The van der Waals surface area contributed by atoms with E-state index in [4.69, 9.17) is 4.74 Å². The maximum atomic E-state index is 13.2. The lowest BCUT2D eigenvalue weighted by molar-refractivity contribution is -0.274. The number of rotatable bonds is 10. The van der Waals surface area contributed by atoms with E-state index < -0.39 is 33.8 Å². The molecule has 1 amide bonds. The molecule has 13 heteroatoms. The predicted octanol–water partition coefficient (Wildman–Crippen LogP) is 3.79. The molecule has 1 N–H and O–H groups in total. The summed E-state index contributed by atoms with van der Waals surface area (Å²) in [6.07, 6.45) is -2.11. The van der Waals surface area contributed by atoms with Crippen LogP contribution in [0.2, 0.25) is 0 Å². The summed E-state index contributed by atoms with van der Waals surface area (Å²) in [5.74, 6) is -0.289. The van der Waals surface area contributed by atoms with Gasteiger partial charge in [0.15, 0.2) is 0 Å². The fourth-order valence-electron chi connectivity index (χ4n) is 5.10. The van der Waals surface area contributed by atoms with Gasteiger partial charge in [-0.2, -0.15) is 4.31 Å². The average Bonchev–Trinajstić information content (AvgIpc) is 3.39. The fraction of sp³-hybridized carbons (Fsp3) is 0.680. The number of halogens is 3. The highest BCUT2D eigenvalue weighted by Crippen LogP contribution is 2.40. The summed E-state index contributed by atoms with van der Waals surface area (Å²) < 4.78 is 74.3. The lowest BCUT2D eigenvalue weighted by atomic mass is 9.97. The Kier molecular flexibility index (Phi) is 9.36. The van der Waals surface area contributed by atoms with Crippen molar-refractivity contribution in [3.05, 3.63) is 24.3 Å². The van der Waals surface area contributed by atoms with E-state index in [2.05, 4.69) is 10.1 Å². The number of amides is 1. The number of hydrogen-bond acceptors (Lipinski definition) is 7. The number of nitrogens with one attached hydrogen (secondary N) is 1. The topological polar surface area (TPSA) is 105 Å². The summed E-state index contributed by atoms with van der Waals surface area (Å²) in [6, 6.07) is 3.94. The Morgan fingerprint density at radius 3 is 2.42 bits per heavy atom. The molecule has 3 rings (SSSR count). The van der Waals surface area contributed by atoms with Gasteiger partial charge in [0.25, 0.3) is 0 Å². The molecule has 1 aliphatic heterocycles. The molecule has 2 fully saturated rings. The van der Waals surface area contributed by atoms with Crippen molar-refractivity contribution in [1.82, 2.24) is 14.5 Å². The summed E-state index contributed by atoms with van der Waals surface area (Å²) in [6.45, 7) is 6.37. The largest absolute Gasteiger partial charge is 0.573 e.